The summed E-state index contributed by atoms with van der Waals surface area (Å²) in [5.41, 5.74) is -1.01. The zero-order chi connectivity index (χ0) is 14.2. The van der Waals surface area contributed by atoms with Crippen LogP contribution in [-0.4, -0.2) is 5.11 Å². The highest BCUT2D eigenvalue weighted by Gasteiger charge is 2.35. The molecule has 19 heavy (non-hydrogen) atoms. The number of hydrogen-bond acceptors (Lipinski definition) is 2. The Hall–Kier alpha value is -1.40. The number of alkyl halides is 3. The van der Waals surface area contributed by atoms with Gasteiger partial charge in [0, 0.05) is 10.4 Å². The Morgan fingerprint density at radius 2 is 1.89 bits per heavy atom. The molecular formula is C13H10F4OS. The molecule has 1 unspecified atom stereocenters. The molecule has 0 fully saturated rings. The van der Waals surface area contributed by atoms with E-state index in [1.165, 1.54) is 11.3 Å². The maximum absolute atomic E-state index is 13.9. The second-order valence-electron chi connectivity index (χ2n) is 4.08. The molecule has 2 aromatic rings. The van der Waals surface area contributed by atoms with Crippen molar-refractivity contribution in [3.8, 4) is 0 Å². The minimum atomic E-state index is -4.77. The third-order valence-corrected chi connectivity index (χ3v) is 3.85. The standard InChI is InChI=1S/C13H10F4OS/c1-7-5-6-19-12(7)11(18)8-3-2-4-9(10(8)14)13(15,16)17/h2-6,11,18H,1H3. The van der Waals surface area contributed by atoms with Crippen molar-refractivity contribution in [2.24, 2.45) is 0 Å². The Morgan fingerprint density at radius 1 is 1.21 bits per heavy atom. The van der Waals surface area contributed by atoms with Crippen LogP contribution in [0.15, 0.2) is 29.6 Å². The van der Waals surface area contributed by atoms with Gasteiger partial charge in [0.25, 0.3) is 0 Å². The second-order valence-corrected chi connectivity index (χ2v) is 5.02. The van der Waals surface area contributed by atoms with Gasteiger partial charge in [0.2, 0.25) is 0 Å². The SMILES string of the molecule is Cc1ccsc1C(O)c1cccc(C(F)(F)F)c1F. The van der Waals surface area contributed by atoms with Gasteiger partial charge in [0.05, 0.1) is 5.56 Å². The predicted octanol–water partition coefficient (Wildman–Crippen LogP) is 4.30. The quantitative estimate of drug-likeness (QED) is 0.818. The lowest BCUT2D eigenvalue weighted by atomic mass is 10.0. The summed E-state index contributed by atoms with van der Waals surface area (Å²) in [6.45, 7) is 1.71. The lowest BCUT2D eigenvalue weighted by Crippen LogP contribution is -2.12. The van der Waals surface area contributed by atoms with Crippen LogP contribution in [-0.2, 0) is 6.18 Å². The van der Waals surface area contributed by atoms with Crippen LogP contribution in [0.25, 0.3) is 0 Å². The lowest BCUT2D eigenvalue weighted by molar-refractivity contribution is -0.140. The van der Waals surface area contributed by atoms with E-state index in [2.05, 4.69) is 0 Å². The number of aliphatic hydroxyl groups is 1. The second kappa shape index (κ2) is 4.94. The summed E-state index contributed by atoms with van der Waals surface area (Å²) < 4.78 is 51.7. The van der Waals surface area contributed by atoms with Crippen molar-refractivity contribution in [1.82, 2.24) is 0 Å². The van der Waals surface area contributed by atoms with Gasteiger partial charge in [-0.3, -0.25) is 0 Å². The van der Waals surface area contributed by atoms with Crippen LogP contribution in [0.1, 0.15) is 27.7 Å². The molecule has 0 radical (unpaired) electrons. The highest BCUT2D eigenvalue weighted by atomic mass is 32.1. The first-order valence-electron chi connectivity index (χ1n) is 5.40. The van der Waals surface area contributed by atoms with Gasteiger partial charge in [-0.05, 0) is 30.0 Å². The van der Waals surface area contributed by atoms with Crippen molar-refractivity contribution < 1.29 is 22.7 Å². The molecule has 0 aliphatic heterocycles. The summed E-state index contributed by atoms with van der Waals surface area (Å²) in [4.78, 5) is 0.443. The molecule has 0 saturated carbocycles. The summed E-state index contributed by atoms with van der Waals surface area (Å²) in [5.74, 6) is -1.42. The van der Waals surface area contributed by atoms with Crippen molar-refractivity contribution in [3.05, 3.63) is 57.0 Å². The van der Waals surface area contributed by atoms with Crippen molar-refractivity contribution in [3.63, 3.8) is 0 Å². The smallest absolute Gasteiger partial charge is 0.383 e. The van der Waals surface area contributed by atoms with E-state index >= 15 is 0 Å². The molecule has 0 bridgehead atoms. The van der Waals surface area contributed by atoms with Crippen LogP contribution in [0.3, 0.4) is 0 Å². The molecule has 1 aromatic heterocycles. The number of aliphatic hydroxyl groups excluding tert-OH is 1. The van der Waals surface area contributed by atoms with Crippen LogP contribution < -0.4 is 0 Å². The average Bonchev–Trinajstić information content (AvgIpc) is 2.73. The summed E-state index contributed by atoms with van der Waals surface area (Å²) >= 11 is 1.18. The fourth-order valence-corrected chi connectivity index (χ4v) is 2.71. The largest absolute Gasteiger partial charge is 0.419 e. The maximum Gasteiger partial charge on any atom is 0.419 e. The normalized spacial score (nSPS) is 13.6. The molecule has 0 saturated heterocycles. The van der Waals surface area contributed by atoms with E-state index in [-0.39, 0.29) is 5.56 Å². The predicted molar refractivity (Wildman–Crippen MR) is 64.5 cm³/mol. The third kappa shape index (κ3) is 2.64. The van der Waals surface area contributed by atoms with Gasteiger partial charge in [0.15, 0.2) is 0 Å². The van der Waals surface area contributed by atoms with E-state index in [4.69, 9.17) is 0 Å². The topological polar surface area (TPSA) is 20.2 Å². The van der Waals surface area contributed by atoms with E-state index in [9.17, 15) is 22.7 Å². The van der Waals surface area contributed by atoms with Crippen LogP contribution >= 0.6 is 11.3 Å². The molecule has 0 amide bonds. The minimum absolute atomic E-state index is 0.361. The molecule has 102 valence electrons. The number of hydrogen-bond donors (Lipinski definition) is 1. The molecule has 1 atom stereocenters. The van der Waals surface area contributed by atoms with Crippen LogP contribution in [0.4, 0.5) is 17.6 Å². The molecule has 2 rings (SSSR count). The zero-order valence-corrected chi connectivity index (χ0v) is 10.6. The van der Waals surface area contributed by atoms with Crippen LogP contribution in [0.2, 0.25) is 0 Å². The molecular weight excluding hydrogens is 280 g/mol. The third-order valence-electron chi connectivity index (χ3n) is 2.78. The van der Waals surface area contributed by atoms with E-state index in [1.807, 2.05) is 0 Å². The molecule has 1 heterocycles. The summed E-state index contributed by atoms with van der Waals surface area (Å²) in [6, 6.07) is 4.63. The van der Waals surface area contributed by atoms with Gasteiger partial charge >= 0.3 is 6.18 Å². The van der Waals surface area contributed by atoms with Gasteiger partial charge < -0.3 is 5.11 Å². The number of halogens is 4. The first-order chi connectivity index (χ1) is 8.82. The molecule has 1 N–H and O–H groups in total. The highest BCUT2D eigenvalue weighted by molar-refractivity contribution is 7.10. The Balaban J connectivity index is 2.50. The Bertz CT molecular complexity index is 589. The van der Waals surface area contributed by atoms with Crippen molar-refractivity contribution in [1.29, 1.82) is 0 Å². The minimum Gasteiger partial charge on any atom is -0.383 e. The van der Waals surface area contributed by atoms with Crippen molar-refractivity contribution in [2.75, 3.05) is 0 Å². The van der Waals surface area contributed by atoms with Crippen LogP contribution in [0.5, 0.6) is 0 Å². The van der Waals surface area contributed by atoms with Gasteiger partial charge in [0.1, 0.15) is 11.9 Å². The van der Waals surface area contributed by atoms with E-state index in [0.717, 1.165) is 12.1 Å². The van der Waals surface area contributed by atoms with E-state index in [1.54, 1.807) is 18.4 Å². The number of rotatable bonds is 2. The zero-order valence-electron chi connectivity index (χ0n) is 9.83. The van der Waals surface area contributed by atoms with Crippen molar-refractivity contribution >= 4 is 11.3 Å². The number of benzene rings is 1. The van der Waals surface area contributed by atoms with E-state index in [0.29, 0.717) is 16.5 Å². The molecule has 0 aliphatic rings. The van der Waals surface area contributed by atoms with E-state index < -0.39 is 23.7 Å². The maximum atomic E-state index is 13.9. The Labute approximate surface area is 111 Å². The molecule has 1 aromatic carbocycles. The fourth-order valence-electron chi connectivity index (χ4n) is 1.79. The van der Waals surface area contributed by atoms with Crippen molar-refractivity contribution in [2.45, 2.75) is 19.2 Å². The van der Waals surface area contributed by atoms with Crippen LogP contribution in [0, 0.1) is 12.7 Å². The summed E-state index contributed by atoms with van der Waals surface area (Å²) in [6.07, 6.45) is -6.16. The number of aryl methyl sites for hydroxylation is 1. The van der Waals surface area contributed by atoms with Gasteiger partial charge in [-0.15, -0.1) is 11.3 Å². The first kappa shape index (κ1) is 14.0. The Kier molecular flexibility index (Phi) is 3.64. The summed E-state index contributed by atoms with van der Waals surface area (Å²) in [7, 11) is 0. The van der Waals surface area contributed by atoms with Gasteiger partial charge in [-0.1, -0.05) is 12.1 Å². The molecule has 0 spiro atoms. The van der Waals surface area contributed by atoms with Gasteiger partial charge in [-0.2, -0.15) is 13.2 Å². The Morgan fingerprint density at radius 3 is 2.42 bits per heavy atom. The fraction of sp³-hybridized carbons (Fsp3) is 0.231. The molecule has 6 heteroatoms. The summed E-state index contributed by atoms with van der Waals surface area (Å²) in [5, 5.41) is 11.7. The molecule has 1 nitrogen and oxygen atoms in total. The molecule has 0 aliphatic carbocycles. The van der Waals surface area contributed by atoms with Gasteiger partial charge in [-0.25, -0.2) is 4.39 Å². The number of thiophene rings is 1. The first-order valence-corrected chi connectivity index (χ1v) is 6.28. The average molecular weight is 290 g/mol. The highest BCUT2D eigenvalue weighted by Crippen LogP contribution is 2.36. The monoisotopic (exact) mass is 290 g/mol. The lowest BCUT2D eigenvalue weighted by Gasteiger charge is -2.15.